The fourth-order valence-electron chi connectivity index (χ4n) is 2.11. The number of phenolic OH excluding ortho intramolecular Hbond substituents is 1. The van der Waals surface area contributed by atoms with E-state index < -0.39 is 5.97 Å². The van der Waals surface area contributed by atoms with E-state index in [0.29, 0.717) is 35.3 Å². The van der Waals surface area contributed by atoms with Crippen LogP contribution in [0.5, 0.6) is 17.2 Å². The van der Waals surface area contributed by atoms with Crippen molar-refractivity contribution in [3.63, 3.8) is 0 Å². The number of rotatable bonds is 3. The molecule has 22 heavy (non-hydrogen) atoms. The average molecular weight is 321 g/mol. The molecule has 0 saturated heterocycles. The molecule has 0 saturated carbocycles. The Bertz CT molecular complexity index is 714. The monoisotopic (exact) mass is 320 g/mol. The van der Waals surface area contributed by atoms with Gasteiger partial charge in [-0.2, -0.15) is 0 Å². The summed E-state index contributed by atoms with van der Waals surface area (Å²) in [6.07, 6.45) is 0. The minimum Gasteiger partial charge on any atom is -0.508 e. The van der Waals surface area contributed by atoms with Crippen LogP contribution in [0.2, 0.25) is 5.02 Å². The summed E-state index contributed by atoms with van der Waals surface area (Å²) in [5.74, 6) is 0.539. The van der Waals surface area contributed by atoms with Gasteiger partial charge in [0.25, 0.3) is 0 Å². The van der Waals surface area contributed by atoms with Crippen molar-refractivity contribution in [3.8, 4) is 17.2 Å². The molecule has 1 aliphatic heterocycles. The SMILES string of the molecule is O=C(OCc1cc(Cl)c2c(c1)OCCO2)c1cccc(O)c1. The number of hydrogen-bond acceptors (Lipinski definition) is 5. The molecule has 0 spiro atoms. The maximum absolute atomic E-state index is 11.9. The lowest BCUT2D eigenvalue weighted by Gasteiger charge is -2.20. The van der Waals surface area contributed by atoms with Crippen LogP contribution in [-0.2, 0) is 11.3 Å². The first-order valence-corrected chi connectivity index (χ1v) is 7.05. The van der Waals surface area contributed by atoms with Crippen LogP contribution in [-0.4, -0.2) is 24.3 Å². The molecule has 1 heterocycles. The number of halogens is 1. The van der Waals surface area contributed by atoms with Crippen molar-refractivity contribution in [2.75, 3.05) is 13.2 Å². The number of hydrogen-bond donors (Lipinski definition) is 1. The van der Waals surface area contributed by atoms with Crippen molar-refractivity contribution >= 4 is 17.6 Å². The minimum absolute atomic E-state index is 0.0109. The van der Waals surface area contributed by atoms with Crippen LogP contribution in [0.15, 0.2) is 36.4 Å². The smallest absolute Gasteiger partial charge is 0.338 e. The molecule has 0 aliphatic carbocycles. The van der Waals surface area contributed by atoms with Crippen molar-refractivity contribution in [3.05, 3.63) is 52.5 Å². The van der Waals surface area contributed by atoms with Crippen LogP contribution in [0.25, 0.3) is 0 Å². The third kappa shape index (κ3) is 3.09. The van der Waals surface area contributed by atoms with Crippen molar-refractivity contribution < 1.29 is 24.1 Å². The summed E-state index contributed by atoms with van der Waals surface area (Å²) in [5, 5.41) is 9.78. The number of esters is 1. The Morgan fingerprint density at radius 1 is 1.23 bits per heavy atom. The molecule has 0 unspecified atom stereocenters. The second-order valence-corrected chi connectivity index (χ2v) is 5.14. The van der Waals surface area contributed by atoms with Gasteiger partial charge in [-0.3, -0.25) is 0 Å². The molecular formula is C16H13ClO5. The molecule has 0 radical (unpaired) electrons. The van der Waals surface area contributed by atoms with Gasteiger partial charge in [0.05, 0.1) is 10.6 Å². The zero-order valence-electron chi connectivity index (χ0n) is 11.5. The lowest BCUT2D eigenvalue weighted by molar-refractivity contribution is 0.0471. The van der Waals surface area contributed by atoms with Gasteiger partial charge >= 0.3 is 5.97 Å². The van der Waals surface area contributed by atoms with E-state index in [-0.39, 0.29) is 17.9 Å². The third-order valence-electron chi connectivity index (χ3n) is 3.11. The minimum atomic E-state index is -0.526. The van der Waals surface area contributed by atoms with E-state index in [2.05, 4.69) is 0 Å². The molecule has 3 rings (SSSR count). The summed E-state index contributed by atoms with van der Waals surface area (Å²) in [6.45, 7) is 0.958. The lowest BCUT2D eigenvalue weighted by Crippen LogP contribution is -2.16. The molecule has 0 aromatic heterocycles. The fraction of sp³-hybridized carbons (Fsp3) is 0.188. The number of carbonyl (C=O) groups excluding carboxylic acids is 1. The van der Waals surface area contributed by atoms with Crippen molar-refractivity contribution in [2.24, 2.45) is 0 Å². The average Bonchev–Trinajstić information content (AvgIpc) is 2.53. The van der Waals surface area contributed by atoms with Gasteiger partial charge in [0, 0.05) is 0 Å². The highest BCUT2D eigenvalue weighted by Gasteiger charge is 2.17. The summed E-state index contributed by atoms with van der Waals surface area (Å²) in [7, 11) is 0. The predicted octanol–water partition coefficient (Wildman–Crippen LogP) is 3.17. The molecule has 6 heteroatoms. The van der Waals surface area contributed by atoms with E-state index in [0.717, 1.165) is 0 Å². The number of benzene rings is 2. The van der Waals surface area contributed by atoms with Crippen molar-refractivity contribution in [1.82, 2.24) is 0 Å². The van der Waals surface area contributed by atoms with Crippen LogP contribution < -0.4 is 9.47 Å². The summed E-state index contributed by atoms with van der Waals surface area (Å²) < 4.78 is 16.1. The van der Waals surface area contributed by atoms with Gasteiger partial charge in [-0.05, 0) is 35.9 Å². The number of aromatic hydroxyl groups is 1. The summed E-state index contributed by atoms with van der Waals surface area (Å²) >= 11 is 6.12. The molecular weight excluding hydrogens is 308 g/mol. The Morgan fingerprint density at radius 2 is 2.05 bits per heavy atom. The molecule has 0 atom stereocenters. The van der Waals surface area contributed by atoms with E-state index in [9.17, 15) is 9.90 Å². The molecule has 2 aromatic carbocycles. The molecule has 114 valence electrons. The second-order valence-electron chi connectivity index (χ2n) is 4.73. The van der Waals surface area contributed by atoms with E-state index in [1.54, 1.807) is 24.3 Å². The number of fused-ring (bicyclic) bond motifs is 1. The fourth-order valence-corrected chi connectivity index (χ4v) is 2.40. The Labute approximate surface area is 132 Å². The highest BCUT2D eigenvalue weighted by Crippen LogP contribution is 2.38. The molecule has 0 fully saturated rings. The van der Waals surface area contributed by atoms with Crippen LogP contribution in [0, 0.1) is 0 Å². The highest BCUT2D eigenvalue weighted by atomic mass is 35.5. The van der Waals surface area contributed by atoms with Gasteiger partial charge in [-0.15, -0.1) is 0 Å². The van der Waals surface area contributed by atoms with E-state index in [4.69, 9.17) is 25.8 Å². The normalized spacial score (nSPS) is 12.8. The van der Waals surface area contributed by atoms with Crippen molar-refractivity contribution in [2.45, 2.75) is 6.61 Å². The largest absolute Gasteiger partial charge is 0.508 e. The van der Waals surface area contributed by atoms with E-state index in [1.807, 2.05) is 0 Å². The Morgan fingerprint density at radius 3 is 2.86 bits per heavy atom. The second kappa shape index (κ2) is 6.15. The molecule has 1 N–H and O–H groups in total. The Balaban J connectivity index is 1.71. The topological polar surface area (TPSA) is 65.0 Å². The maximum atomic E-state index is 11.9. The van der Waals surface area contributed by atoms with Crippen LogP contribution in [0.4, 0.5) is 0 Å². The first-order chi connectivity index (χ1) is 10.6. The zero-order chi connectivity index (χ0) is 15.5. The predicted molar refractivity (Wildman–Crippen MR) is 79.7 cm³/mol. The first-order valence-electron chi connectivity index (χ1n) is 6.67. The van der Waals surface area contributed by atoms with Crippen LogP contribution in [0.1, 0.15) is 15.9 Å². The van der Waals surface area contributed by atoms with Crippen molar-refractivity contribution in [1.29, 1.82) is 0 Å². The number of phenols is 1. The summed E-state index contributed by atoms with van der Waals surface area (Å²) in [6, 6.07) is 9.38. The van der Waals surface area contributed by atoms with Gasteiger partial charge < -0.3 is 19.3 Å². The van der Waals surface area contributed by atoms with Gasteiger partial charge in [-0.25, -0.2) is 4.79 Å². The van der Waals surface area contributed by atoms with Crippen LogP contribution >= 0.6 is 11.6 Å². The molecule has 0 amide bonds. The molecule has 0 bridgehead atoms. The standard InChI is InChI=1S/C16H13ClO5/c17-13-6-10(7-14-15(13)21-5-4-20-14)9-22-16(19)11-2-1-3-12(18)8-11/h1-3,6-8,18H,4-5,9H2. The van der Waals surface area contributed by atoms with E-state index >= 15 is 0 Å². The van der Waals surface area contributed by atoms with Gasteiger partial charge in [0.15, 0.2) is 11.5 Å². The Hall–Kier alpha value is -2.40. The van der Waals surface area contributed by atoms with Gasteiger partial charge in [0.2, 0.25) is 0 Å². The molecule has 5 nitrogen and oxygen atoms in total. The summed E-state index contributed by atoms with van der Waals surface area (Å²) in [5.41, 5.74) is 0.978. The van der Waals surface area contributed by atoms with E-state index in [1.165, 1.54) is 12.1 Å². The number of ether oxygens (including phenoxy) is 3. The Kier molecular flexibility index (Phi) is 4.06. The highest BCUT2D eigenvalue weighted by molar-refractivity contribution is 6.32. The maximum Gasteiger partial charge on any atom is 0.338 e. The van der Waals surface area contributed by atoms with Gasteiger partial charge in [0.1, 0.15) is 25.6 Å². The third-order valence-corrected chi connectivity index (χ3v) is 3.39. The molecule has 1 aliphatic rings. The van der Waals surface area contributed by atoms with Crippen LogP contribution in [0.3, 0.4) is 0 Å². The quantitative estimate of drug-likeness (QED) is 0.880. The number of carbonyl (C=O) groups is 1. The van der Waals surface area contributed by atoms with Gasteiger partial charge in [-0.1, -0.05) is 17.7 Å². The lowest BCUT2D eigenvalue weighted by atomic mass is 10.2. The molecule has 2 aromatic rings. The summed E-state index contributed by atoms with van der Waals surface area (Å²) in [4.78, 5) is 11.9. The first kappa shape index (κ1) is 14.5. The zero-order valence-corrected chi connectivity index (χ0v) is 12.3.